The number of hydrogen-bond donors (Lipinski definition) is 2. The Bertz CT molecular complexity index is 784. The van der Waals surface area contributed by atoms with Crippen LogP contribution in [0.5, 0.6) is 5.75 Å². The fourth-order valence-electron chi connectivity index (χ4n) is 2.48. The van der Waals surface area contributed by atoms with Gasteiger partial charge in [-0.1, -0.05) is 24.3 Å². The van der Waals surface area contributed by atoms with Crippen LogP contribution in [0.1, 0.15) is 17.2 Å². The Morgan fingerprint density at radius 2 is 1.88 bits per heavy atom. The number of aliphatic hydroxyl groups is 1. The number of carbonyl (C=O) groups is 1. The summed E-state index contributed by atoms with van der Waals surface area (Å²) in [5.74, 6) is -1.49. The van der Waals surface area contributed by atoms with Gasteiger partial charge in [-0.3, -0.25) is 4.79 Å². The number of para-hydroxylation sites is 1. The van der Waals surface area contributed by atoms with Crippen molar-refractivity contribution in [3.05, 3.63) is 70.8 Å². The Hall–Kier alpha value is -2.73. The second-order valence-corrected chi connectivity index (χ2v) is 5.36. The van der Waals surface area contributed by atoms with Crippen molar-refractivity contribution >= 4 is 12.0 Å². The van der Waals surface area contributed by atoms with Crippen LogP contribution in [0.2, 0.25) is 0 Å². The van der Waals surface area contributed by atoms with Crippen LogP contribution in [0.15, 0.2) is 48.0 Å². The molecule has 0 spiro atoms. The van der Waals surface area contributed by atoms with E-state index in [0.717, 1.165) is 17.7 Å². The number of carbonyl (C=O) groups excluding carboxylic acids is 1. The number of benzene rings is 2. The smallest absolute Gasteiger partial charge is 0.250 e. The number of aliphatic hydroxyl groups excluding tert-OH is 1. The number of rotatable bonds is 4. The summed E-state index contributed by atoms with van der Waals surface area (Å²) in [5, 5.41) is 12.4. The van der Waals surface area contributed by atoms with Gasteiger partial charge in [-0.05, 0) is 24.3 Å². The van der Waals surface area contributed by atoms with E-state index in [1.807, 2.05) is 18.2 Å². The molecule has 1 amide bonds. The largest absolute Gasteiger partial charge is 0.488 e. The molecule has 1 aliphatic rings. The predicted molar refractivity (Wildman–Crippen MR) is 84.2 cm³/mol. The van der Waals surface area contributed by atoms with Gasteiger partial charge in [0.2, 0.25) is 0 Å². The van der Waals surface area contributed by atoms with Crippen molar-refractivity contribution in [3.63, 3.8) is 0 Å². The molecule has 0 aromatic heterocycles. The summed E-state index contributed by atoms with van der Waals surface area (Å²) < 4.78 is 32.7. The highest BCUT2D eigenvalue weighted by Crippen LogP contribution is 2.26. The fraction of sp³-hybridized carbons (Fsp3) is 0.167. The zero-order valence-corrected chi connectivity index (χ0v) is 12.6. The number of hydrogen-bond acceptors (Lipinski definition) is 3. The van der Waals surface area contributed by atoms with Crippen molar-refractivity contribution in [2.75, 3.05) is 13.2 Å². The highest BCUT2D eigenvalue weighted by molar-refractivity contribution is 5.99. The number of amides is 1. The van der Waals surface area contributed by atoms with Crippen molar-refractivity contribution < 1.29 is 23.4 Å². The van der Waals surface area contributed by atoms with Gasteiger partial charge in [0.25, 0.3) is 5.91 Å². The molecular formula is C18H15F2NO3. The van der Waals surface area contributed by atoms with E-state index in [1.54, 1.807) is 12.1 Å². The van der Waals surface area contributed by atoms with E-state index in [0.29, 0.717) is 11.3 Å². The van der Waals surface area contributed by atoms with Crippen molar-refractivity contribution in [1.82, 2.24) is 5.32 Å². The fourth-order valence-corrected chi connectivity index (χ4v) is 2.48. The van der Waals surface area contributed by atoms with Crippen molar-refractivity contribution in [2.45, 2.75) is 6.10 Å². The number of fused-ring (bicyclic) bond motifs is 1. The molecule has 4 nitrogen and oxygen atoms in total. The van der Waals surface area contributed by atoms with Crippen molar-refractivity contribution in [1.29, 1.82) is 0 Å². The summed E-state index contributed by atoms with van der Waals surface area (Å²) in [4.78, 5) is 12.2. The molecule has 0 unspecified atom stereocenters. The Morgan fingerprint density at radius 1 is 1.17 bits per heavy atom. The van der Waals surface area contributed by atoms with Gasteiger partial charge in [-0.25, -0.2) is 8.78 Å². The molecule has 2 N–H and O–H groups in total. The van der Waals surface area contributed by atoms with E-state index in [1.165, 1.54) is 6.07 Å². The predicted octanol–water partition coefficient (Wildman–Crippen LogP) is 2.59. The molecule has 1 heterocycles. The van der Waals surface area contributed by atoms with Gasteiger partial charge >= 0.3 is 0 Å². The maximum Gasteiger partial charge on any atom is 0.250 e. The number of nitrogens with one attached hydrogen (secondary N) is 1. The molecule has 2 aromatic rings. The monoisotopic (exact) mass is 331 g/mol. The molecule has 0 fully saturated rings. The molecule has 1 aliphatic heterocycles. The van der Waals surface area contributed by atoms with E-state index in [4.69, 9.17) is 4.74 Å². The standard InChI is InChI=1S/C18H15F2NO3/c19-13-5-3-6-14(20)17(13)15(22)9-21-18(23)12-8-11-4-1-2-7-16(11)24-10-12/h1-8,15,22H,9-10H2,(H,21,23)/t15-/m0/s1. The van der Waals surface area contributed by atoms with Gasteiger partial charge in [0.15, 0.2) is 0 Å². The Labute approximate surface area is 137 Å². The first-order valence-electron chi connectivity index (χ1n) is 7.39. The maximum atomic E-state index is 13.6. The van der Waals surface area contributed by atoms with Crippen LogP contribution in [0.3, 0.4) is 0 Å². The quantitative estimate of drug-likeness (QED) is 0.905. The van der Waals surface area contributed by atoms with E-state index < -0.39 is 29.2 Å². The van der Waals surface area contributed by atoms with Crippen molar-refractivity contribution in [2.24, 2.45) is 0 Å². The van der Waals surface area contributed by atoms with Gasteiger partial charge in [-0.2, -0.15) is 0 Å². The SMILES string of the molecule is O=C(NC[C@H](O)c1c(F)cccc1F)C1=Cc2ccccc2OC1. The third-order valence-electron chi connectivity index (χ3n) is 3.71. The van der Waals surface area contributed by atoms with Crippen LogP contribution in [-0.2, 0) is 4.79 Å². The molecule has 1 atom stereocenters. The normalized spacial score (nSPS) is 14.2. The maximum absolute atomic E-state index is 13.6. The molecule has 6 heteroatoms. The summed E-state index contributed by atoms with van der Waals surface area (Å²) in [6.45, 7) is -0.220. The van der Waals surface area contributed by atoms with Crippen LogP contribution >= 0.6 is 0 Å². The Kier molecular flexibility index (Phi) is 4.57. The molecule has 0 radical (unpaired) electrons. The second-order valence-electron chi connectivity index (χ2n) is 5.36. The van der Waals surface area contributed by atoms with Crippen LogP contribution in [0.25, 0.3) is 6.08 Å². The van der Waals surface area contributed by atoms with Gasteiger partial charge in [-0.15, -0.1) is 0 Å². The summed E-state index contributed by atoms with van der Waals surface area (Å²) in [7, 11) is 0. The van der Waals surface area contributed by atoms with Gasteiger partial charge < -0.3 is 15.2 Å². The molecule has 0 saturated heterocycles. The molecule has 0 saturated carbocycles. The lowest BCUT2D eigenvalue weighted by molar-refractivity contribution is -0.118. The molecule has 0 aliphatic carbocycles. The van der Waals surface area contributed by atoms with E-state index in [9.17, 15) is 18.7 Å². The first-order valence-corrected chi connectivity index (χ1v) is 7.39. The summed E-state index contributed by atoms with van der Waals surface area (Å²) in [6.07, 6.45) is 0.206. The minimum absolute atomic E-state index is 0.0903. The average molecular weight is 331 g/mol. The third kappa shape index (κ3) is 3.28. The average Bonchev–Trinajstić information content (AvgIpc) is 2.59. The molecule has 124 valence electrons. The zero-order valence-electron chi connectivity index (χ0n) is 12.6. The van der Waals surface area contributed by atoms with Gasteiger partial charge in [0, 0.05) is 12.1 Å². The lowest BCUT2D eigenvalue weighted by Crippen LogP contribution is -2.32. The van der Waals surface area contributed by atoms with Crippen LogP contribution in [0.4, 0.5) is 8.78 Å². The highest BCUT2D eigenvalue weighted by Gasteiger charge is 2.21. The summed E-state index contributed by atoms with van der Waals surface area (Å²) >= 11 is 0. The van der Waals surface area contributed by atoms with Gasteiger partial charge in [0.05, 0.1) is 11.1 Å². The first-order chi connectivity index (χ1) is 11.6. The first kappa shape index (κ1) is 16.1. The second kappa shape index (κ2) is 6.80. The minimum Gasteiger partial charge on any atom is -0.488 e. The number of ether oxygens (including phenoxy) is 1. The van der Waals surface area contributed by atoms with Crippen LogP contribution in [0, 0.1) is 11.6 Å². The topological polar surface area (TPSA) is 58.6 Å². The lowest BCUT2D eigenvalue weighted by Gasteiger charge is -2.18. The lowest BCUT2D eigenvalue weighted by atomic mass is 10.1. The Balaban J connectivity index is 1.67. The molecular weight excluding hydrogens is 316 g/mol. The third-order valence-corrected chi connectivity index (χ3v) is 3.71. The Morgan fingerprint density at radius 3 is 2.62 bits per heavy atom. The van der Waals surface area contributed by atoms with Crippen molar-refractivity contribution in [3.8, 4) is 5.75 Å². The van der Waals surface area contributed by atoms with E-state index in [2.05, 4.69) is 5.32 Å². The van der Waals surface area contributed by atoms with Crippen LogP contribution < -0.4 is 10.1 Å². The molecule has 2 aromatic carbocycles. The molecule has 0 bridgehead atoms. The summed E-state index contributed by atoms with van der Waals surface area (Å²) in [5.41, 5.74) is 0.682. The number of halogens is 2. The van der Waals surface area contributed by atoms with Crippen LogP contribution in [-0.4, -0.2) is 24.2 Å². The molecule has 3 rings (SSSR count). The molecule has 24 heavy (non-hydrogen) atoms. The highest BCUT2D eigenvalue weighted by atomic mass is 19.1. The zero-order chi connectivity index (χ0) is 17.1. The van der Waals surface area contributed by atoms with E-state index in [-0.39, 0.29) is 13.2 Å². The minimum atomic E-state index is -1.48. The van der Waals surface area contributed by atoms with Gasteiger partial charge in [0.1, 0.15) is 30.1 Å². The van der Waals surface area contributed by atoms with E-state index >= 15 is 0 Å². The summed E-state index contributed by atoms with van der Waals surface area (Å²) in [6, 6.07) is 10.6.